The first-order valence-corrected chi connectivity index (χ1v) is 7.73. The van der Waals surface area contributed by atoms with Crippen LogP contribution in [0.4, 0.5) is 5.69 Å². The van der Waals surface area contributed by atoms with Crippen molar-refractivity contribution in [3.63, 3.8) is 0 Å². The normalized spacial score (nSPS) is 19.2. The molecule has 1 atom stereocenters. The Morgan fingerprint density at radius 3 is 2.95 bits per heavy atom. The lowest BCUT2D eigenvalue weighted by molar-refractivity contribution is -0.116. The van der Waals surface area contributed by atoms with Gasteiger partial charge in [-0.3, -0.25) is 4.79 Å². The van der Waals surface area contributed by atoms with E-state index in [1.165, 1.54) is 19.3 Å². The van der Waals surface area contributed by atoms with Gasteiger partial charge in [0.05, 0.1) is 0 Å². The van der Waals surface area contributed by atoms with Gasteiger partial charge in [-0.15, -0.1) is 0 Å². The molecule has 1 aromatic carbocycles. The van der Waals surface area contributed by atoms with Crippen molar-refractivity contribution in [2.45, 2.75) is 45.1 Å². The molecule has 1 unspecified atom stereocenters. The third-order valence-electron chi connectivity index (χ3n) is 3.46. The molecule has 1 fully saturated rings. The Morgan fingerprint density at radius 1 is 1.42 bits per heavy atom. The van der Waals surface area contributed by atoms with Gasteiger partial charge in [-0.25, -0.2) is 0 Å². The highest BCUT2D eigenvalue weighted by atomic mass is 79.9. The maximum Gasteiger partial charge on any atom is 0.224 e. The zero-order chi connectivity index (χ0) is 13.7. The summed E-state index contributed by atoms with van der Waals surface area (Å²) in [7, 11) is 0. The van der Waals surface area contributed by atoms with Gasteiger partial charge in [0, 0.05) is 22.6 Å². The molecule has 1 amide bonds. The van der Waals surface area contributed by atoms with Crippen LogP contribution >= 0.6 is 15.9 Å². The van der Waals surface area contributed by atoms with Crippen LogP contribution in [-0.4, -0.2) is 18.5 Å². The molecule has 0 aromatic heterocycles. The zero-order valence-electron chi connectivity index (χ0n) is 11.3. The fourth-order valence-electron chi connectivity index (χ4n) is 2.51. The van der Waals surface area contributed by atoms with Crippen LogP contribution in [0.5, 0.6) is 0 Å². The first-order chi connectivity index (χ1) is 9.13. The molecule has 2 N–H and O–H groups in total. The Labute approximate surface area is 123 Å². The summed E-state index contributed by atoms with van der Waals surface area (Å²) in [6.45, 7) is 3.11. The lowest BCUT2D eigenvalue weighted by Gasteiger charge is -2.23. The van der Waals surface area contributed by atoms with E-state index in [2.05, 4.69) is 26.6 Å². The summed E-state index contributed by atoms with van der Waals surface area (Å²) in [5.74, 6) is 0.102. The Bertz CT molecular complexity index is 422. The van der Waals surface area contributed by atoms with Crippen molar-refractivity contribution in [1.82, 2.24) is 5.32 Å². The molecule has 3 nitrogen and oxygen atoms in total. The van der Waals surface area contributed by atoms with Crippen LogP contribution in [0.25, 0.3) is 0 Å². The summed E-state index contributed by atoms with van der Waals surface area (Å²) in [4.78, 5) is 11.9. The molecule has 2 rings (SSSR count). The van der Waals surface area contributed by atoms with Gasteiger partial charge in [0.25, 0.3) is 0 Å². The lowest BCUT2D eigenvalue weighted by atomic mass is 10.0. The van der Waals surface area contributed by atoms with Crippen LogP contribution in [0.3, 0.4) is 0 Å². The second kappa shape index (κ2) is 7.06. The van der Waals surface area contributed by atoms with Gasteiger partial charge >= 0.3 is 0 Å². The molecule has 1 aliphatic rings. The fourth-order valence-corrected chi connectivity index (χ4v) is 3.12. The van der Waals surface area contributed by atoms with Crippen molar-refractivity contribution in [1.29, 1.82) is 0 Å². The number of hydrogen-bond acceptors (Lipinski definition) is 2. The molecule has 1 saturated heterocycles. The third kappa shape index (κ3) is 4.96. The van der Waals surface area contributed by atoms with Gasteiger partial charge in [-0.2, -0.15) is 0 Å². The standard InChI is InChI=1S/C15H21BrN2O/c1-11-8-12(16)10-14(9-11)18-15(19)6-5-13-4-2-3-7-17-13/h8-10,13,17H,2-7H2,1H3,(H,18,19). The molecule has 19 heavy (non-hydrogen) atoms. The molecule has 0 radical (unpaired) electrons. The van der Waals surface area contributed by atoms with Gasteiger partial charge in [0.1, 0.15) is 0 Å². The van der Waals surface area contributed by atoms with Gasteiger partial charge in [-0.05, 0) is 56.5 Å². The van der Waals surface area contributed by atoms with Crippen LogP contribution in [-0.2, 0) is 4.79 Å². The van der Waals surface area contributed by atoms with E-state index >= 15 is 0 Å². The number of carbonyl (C=O) groups excluding carboxylic acids is 1. The van der Waals surface area contributed by atoms with E-state index in [4.69, 9.17) is 0 Å². The Balaban J connectivity index is 1.80. The lowest BCUT2D eigenvalue weighted by Crippen LogP contribution is -2.34. The molecule has 104 valence electrons. The van der Waals surface area contributed by atoms with Crippen LogP contribution in [0.2, 0.25) is 0 Å². The predicted molar refractivity (Wildman–Crippen MR) is 82.4 cm³/mol. The van der Waals surface area contributed by atoms with Crippen molar-refractivity contribution in [3.8, 4) is 0 Å². The van der Waals surface area contributed by atoms with Crippen molar-refractivity contribution >= 4 is 27.5 Å². The van der Waals surface area contributed by atoms with E-state index in [9.17, 15) is 4.79 Å². The average Bonchev–Trinajstić information content (AvgIpc) is 2.36. The van der Waals surface area contributed by atoms with E-state index < -0.39 is 0 Å². The number of anilines is 1. The quantitative estimate of drug-likeness (QED) is 0.888. The van der Waals surface area contributed by atoms with E-state index in [1.807, 2.05) is 25.1 Å². The molecular weight excluding hydrogens is 304 g/mol. The minimum atomic E-state index is 0.102. The van der Waals surface area contributed by atoms with E-state index in [0.717, 1.165) is 28.7 Å². The molecule has 0 bridgehead atoms. The number of nitrogens with one attached hydrogen (secondary N) is 2. The highest BCUT2D eigenvalue weighted by Crippen LogP contribution is 2.19. The number of hydrogen-bond donors (Lipinski definition) is 2. The topological polar surface area (TPSA) is 41.1 Å². The van der Waals surface area contributed by atoms with Crippen LogP contribution in [0, 0.1) is 6.92 Å². The minimum absolute atomic E-state index is 0.102. The molecule has 0 aliphatic carbocycles. The number of piperidine rings is 1. The first kappa shape index (κ1) is 14.5. The maximum absolute atomic E-state index is 11.9. The highest BCUT2D eigenvalue weighted by Gasteiger charge is 2.14. The van der Waals surface area contributed by atoms with E-state index in [0.29, 0.717) is 12.5 Å². The fraction of sp³-hybridized carbons (Fsp3) is 0.533. The predicted octanol–water partition coefficient (Wildman–Crippen LogP) is 3.62. The van der Waals surface area contributed by atoms with Gasteiger partial charge in [-0.1, -0.05) is 22.4 Å². The van der Waals surface area contributed by atoms with Gasteiger partial charge in [0.15, 0.2) is 0 Å². The molecule has 1 aromatic rings. The third-order valence-corrected chi connectivity index (χ3v) is 3.92. The molecule has 1 aliphatic heterocycles. The molecular formula is C15H21BrN2O. The smallest absolute Gasteiger partial charge is 0.224 e. The summed E-state index contributed by atoms with van der Waals surface area (Å²) >= 11 is 3.44. The van der Waals surface area contributed by atoms with Crippen LogP contribution in [0.15, 0.2) is 22.7 Å². The second-order valence-corrected chi connectivity index (χ2v) is 6.17. The monoisotopic (exact) mass is 324 g/mol. The summed E-state index contributed by atoms with van der Waals surface area (Å²) in [6, 6.07) is 6.47. The summed E-state index contributed by atoms with van der Waals surface area (Å²) in [5, 5.41) is 6.44. The second-order valence-electron chi connectivity index (χ2n) is 5.25. The number of rotatable bonds is 4. The van der Waals surface area contributed by atoms with Crippen LogP contribution in [0.1, 0.15) is 37.7 Å². The number of aryl methyl sites for hydroxylation is 1. The van der Waals surface area contributed by atoms with Crippen molar-refractivity contribution < 1.29 is 4.79 Å². The number of carbonyl (C=O) groups is 1. The van der Waals surface area contributed by atoms with Crippen molar-refractivity contribution in [2.75, 3.05) is 11.9 Å². The maximum atomic E-state index is 11.9. The molecule has 0 saturated carbocycles. The molecule has 4 heteroatoms. The minimum Gasteiger partial charge on any atom is -0.326 e. The van der Waals surface area contributed by atoms with Gasteiger partial charge < -0.3 is 10.6 Å². The number of halogens is 1. The summed E-state index contributed by atoms with van der Waals surface area (Å²) in [5.41, 5.74) is 2.01. The zero-order valence-corrected chi connectivity index (χ0v) is 12.9. The first-order valence-electron chi connectivity index (χ1n) is 6.94. The Kier molecular flexibility index (Phi) is 5.40. The Hall–Kier alpha value is -0.870. The summed E-state index contributed by atoms with van der Waals surface area (Å²) in [6.07, 6.45) is 5.26. The Morgan fingerprint density at radius 2 is 2.26 bits per heavy atom. The largest absolute Gasteiger partial charge is 0.326 e. The van der Waals surface area contributed by atoms with Gasteiger partial charge in [0.2, 0.25) is 5.91 Å². The SMILES string of the molecule is Cc1cc(Br)cc(NC(=O)CCC2CCCCN2)c1. The highest BCUT2D eigenvalue weighted by molar-refractivity contribution is 9.10. The van der Waals surface area contributed by atoms with Crippen molar-refractivity contribution in [3.05, 3.63) is 28.2 Å². The number of benzene rings is 1. The van der Waals surface area contributed by atoms with E-state index in [1.54, 1.807) is 0 Å². The van der Waals surface area contributed by atoms with Crippen LogP contribution < -0.4 is 10.6 Å². The average molecular weight is 325 g/mol. The van der Waals surface area contributed by atoms with Crippen molar-refractivity contribution in [2.24, 2.45) is 0 Å². The molecule has 1 heterocycles. The molecule has 0 spiro atoms. The number of amides is 1. The van der Waals surface area contributed by atoms with E-state index in [-0.39, 0.29) is 5.91 Å². The summed E-state index contributed by atoms with van der Waals surface area (Å²) < 4.78 is 0.997.